The molecule has 4 rings (SSSR count). The van der Waals surface area contributed by atoms with Crippen LogP contribution in [0.4, 0.5) is 5.69 Å². The molecule has 0 aliphatic carbocycles. The van der Waals surface area contributed by atoms with E-state index in [1.54, 1.807) is 31.4 Å². The fourth-order valence-electron chi connectivity index (χ4n) is 3.62. The lowest BCUT2D eigenvalue weighted by molar-refractivity contribution is 0.0949. The van der Waals surface area contributed by atoms with Crippen molar-refractivity contribution in [2.75, 3.05) is 18.6 Å². The van der Waals surface area contributed by atoms with Gasteiger partial charge < -0.3 is 15.0 Å². The Morgan fingerprint density at radius 2 is 1.67 bits per heavy atom. The number of anilines is 1. The van der Waals surface area contributed by atoms with E-state index in [1.165, 1.54) is 0 Å². The Kier molecular flexibility index (Phi) is 5.53. The molecule has 0 saturated heterocycles. The molecule has 1 aliphatic rings. The van der Waals surface area contributed by atoms with Crippen molar-refractivity contribution in [3.63, 3.8) is 0 Å². The number of methoxy groups -OCH3 is 1. The number of hydrogen-bond donors (Lipinski definition) is 1. The molecule has 0 fully saturated rings. The predicted octanol–water partition coefficient (Wildman–Crippen LogP) is 4.14. The second-order valence-electron chi connectivity index (χ2n) is 7.45. The van der Waals surface area contributed by atoms with E-state index in [4.69, 9.17) is 4.74 Å². The van der Waals surface area contributed by atoms with Gasteiger partial charge in [-0.05, 0) is 66.9 Å². The highest BCUT2D eigenvalue weighted by Crippen LogP contribution is 2.30. The summed E-state index contributed by atoms with van der Waals surface area (Å²) in [4.78, 5) is 27.2. The summed E-state index contributed by atoms with van der Waals surface area (Å²) in [6, 6.07) is 20.7. The van der Waals surface area contributed by atoms with Gasteiger partial charge in [0.2, 0.25) is 0 Å². The maximum Gasteiger partial charge on any atom is 0.258 e. The molecule has 0 aromatic heterocycles. The first-order chi connectivity index (χ1) is 14.5. The first-order valence-corrected chi connectivity index (χ1v) is 9.98. The first kappa shape index (κ1) is 19.7. The van der Waals surface area contributed by atoms with Crippen LogP contribution in [0.2, 0.25) is 0 Å². The number of benzene rings is 3. The van der Waals surface area contributed by atoms with Gasteiger partial charge in [-0.3, -0.25) is 9.59 Å². The van der Waals surface area contributed by atoms with Crippen molar-refractivity contribution in [3.8, 4) is 5.75 Å². The molecule has 1 heterocycles. The maximum atomic E-state index is 13.0. The van der Waals surface area contributed by atoms with Crippen molar-refractivity contribution < 1.29 is 14.3 Å². The SMILES string of the molecule is COc1ccc(C(=O)NCc2ccc3c(c2)N(C(=O)c2ccc(C)cc2)CC3)cc1. The summed E-state index contributed by atoms with van der Waals surface area (Å²) in [5, 5.41) is 2.94. The second-order valence-corrected chi connectivity index (χ2v) is 7.45. The molecule has 1 aliphatic heterocycles. The Morgan fingerprint density at radius 3 is 2.37 bits per heavy atom. The lowest BCUT2D eigenvalue weighted by atomic mass is 10.1. The van der Waals surface area contributed by atoms with Crippen LogP contribution in [0.5, 0.6) is 5.75 Å². The van der Waals surface area contributed by atoms with Gasteiger partial charge in [0.05, 0.1) is 7.11 Å². The zero-order chi connectivity index (χ0) is 21.1. The molecule has 1 N–H and O–H groups in total. The molecule has 0 radical (unpaired) electrons. The van der Waals surface area contributed by atoms with Crippen molar-refractivity contribution in [2.45, 2.75) is 19.9 Å². The summed E-state index contributed by atoms with van der Waals surface area (Å²) in [7, 11) is 1.59. The number of carbonyl (C=O) groups is 2. The van der Waals surface area contributed by atoms with Crippen LogP contribution in [0.15, 0.2) is 66.7 Å². The third kappa shape index (κ3) is 4.06. The topological polar surface area (TPSA) is 58.6 Å². The Hall–Kier alpha value is -3.60. The number of hydrogen-bond acceptors (Lipinski definition) is 3. The number of nitrogens with zero attached hydrogens (tertiary/aromatic N) is 1. The number of rotatable bonds is 5. The van der Waals surface area contributed by atoms with Gasteiger partial charge in [0.1, 0.15) is 5.75 Å². The minimum absolute atomic E-state index is 0.00756. The van der Waals surface area contributed by atoms with E-state index >= 15 is 0 Å². The predicted molar refractivity (Wildman–Crippen MR) is 117 cm³/mol. The van der Waals surface area contributed by atoms with Gasteiger partial charge in [-0.1, -0.05) is 29.8 Å². The molecule has 5 heteroatoms. The first-order valence-electron chi connectivity index (χ1n) is 9.98. The molecular weight excluding hydrogens is 376 g/mol. The van der Waals surface area contributed by atoms with E-state index in [1.807, 2.05) is 54.3 Å². The van der Waals surface area contributed by atoms with Gasteiger partial charge in [0, 0.05) is 29.9 Å². The lowest BCUT2D eigenvalue weighted by Gasteiger charge is -2.18. The molecule has 152 valence electrons. The average molecular weight is 400 g/mol. The number of nitrogens with one attached hydrogen (secondary N) is 1. The fraction of sp³-hybridized carbons (Fsp3) is 0.200. The largest absolute Gasteiger partial charge is 0.497 e. The van der Waals surface area contributed by atoms with E-state index in [-0.39, 0.29) is 11.8 Å². The third-order valence-electron chi connectivity index (χ3n) is 5.39. The molecule has 2 amide bonds. The van der Waals surface area contributed by atoms with E-state index in [0.29, 0.717) is 30.0 Å². The van der Waals surface area contributed by atoms with Crippen LogP contribution in [0.3, 0.4) is 0 Å². The van der Waals surface area contributed by atoms with Crippen molar-refractivity contribution in [1.29, 1.82) is 0 Å². The molecule has 0 bridgehead atoms. The smallest absolute Gasteiger partial charge is 0.258 e. The summed E-state index contributed by atoms with van der Waals surface area (Å²) in [5.41, 5.74) is 5.43. The lowest BCUT2D eigenvalue weighted by Crippen LogP contribution is -2.29. The summed E-state index contributed by atoms with van der Waals surface area (Å²) in [6.07, 6.45) is 0.839. The Labute approximate surface area is 176 Å². The quantitative estimate of drug-likeness (QED) is 0.700. The van der Waals surface area contributed by atoms with Crippen LogP contribution in [0.25, 0.3) is 0 Å². The zero-order valence-electron chi connectivity index (χ0n) is 17.1. The standard InChI is InChI=1S/C25H24N2O3/c1-17-3-6-21(7-4-17)25(29)27-14-13-19-8-5-18(15-23(19)27)16-26-24(28)20-9-11-22(30-2)12-10-20/h3-12,15H,13-14,16H2,1-2H3,(H,26,28). The van der Waals surface area contributed by atoms with Gasteiger partial charge in [0.15, 0.2) is 0 Å². The highest BCUT2D eigenvalue weighted by atomic mass is 16.5. The average Bonchev–Trinajstić information content (AvgIpc) is 3.21. The fourth-order valence-corrected chi connectivity index (χ4v) is 3.62. The Morgan fingerprint density at radius 1 is 0.967 bits per heavy atom. The van der Waals surface area contributed by atoms with E-state index < -0.39 is 0 Å². The monoisotopic (exact) mass is 400 g/mol. The molecule has 3 aromatic carbocycles. The summed E-state index contributed by atoms with van der Waals surface area (Å²) < 4.78 is 5.12. The van der Waals surface area contributed by atoms with Crippen molar-refractivity contribution in [3.05, 3.63) is 94.5 Å². The molecule has 0 saturated carbocycles. The summed E-state index contributed by atoms with van der Waals surface area (Å²) in [6.45, 7) is 3.07. The highest BCUT2D eigenvalue weighted by Gasteiger charge is 2.25. The molecule has 30 heavy (non-hydrogen) atoms. The molecule has 0 unspecified atom stereocenters. The molecule has 5 nitrogen and oxygen atoms in total. The summed E-state index contributed by atoms with van der Waals surface area (Å²) in [5.74, 6) is 0.572. The van der Waals surface area contributed by atoms with Gasteiger partial charge in [0.25, 0.3) is 11.8 Å². The van der Waals surface area contributed by atoms with Crippen molar-refractivity contribution in [1.82, 2.24) is 5.32 Å². The number of aryl methyl sites for hydroxylation is 1. The van der Waals surface area contributed by atoms with Crippen LogP contribution < -0.4 is 15.0 Å². The number of fused-ring (bicyclic) bond motifs is 1. The van der Waals surface area contributed by atoms with Crippen LogP contribution in [0.1, 0.15) is 37.4 Å². The number of amides is 2. The Balaban J connectivity index is 1.46. The normalized spacial score (nSPS) is 12.4. The minimum atomic E-state index is -0.147. The third-order valence-corrected chi connectivity index (χ3v) is 5.39. The number of carbonyl (C=O) groups excluding carboxylic acids is 2. The highest BCUT2D eigenvalue weighted by molar-refractivity contribution is 6.07. The van der Waals surface area contributed by atoms with Crippen molar-refractivity contribution in [2.24, 2.45) is 0 Å². The van der Waals surface area contributed by atoms with Crippen LogP contribution in [-0.2, 0) is 13.0 Å². The van der Waals surface area contributed by atoms with Gasteiger partial charge in [-0.2, -0.15) is 0 Å². The van der Waals surface area contributed by atoms with Crippen LogP contribution in [-0.4, -0.2) is 25.5 Å². The van der Waals surface area contributed by atoms with Crippen LogP contribution in [0, 0.1) is 6.92 Å². The Bertz CT molecular complexity index is 1070. The van der Waals surface area contributed by atoms with E-state index in [2.05, 4.69) is 5.32 Å². The van der Waals surface area contributed by atoms with E-state index in [0.717, 1.165) is 28.8 Å². The molecule has 0 spiro atoms. The van der Waals surface area contributed by atoms with Gasteiger partial charge in [-0.25, -0.2) is 0 Å². The van der Waals surface area contributed by atoms with Crippen molar-refractivity contribution >= 4 is 17.5 Å². The van der Waals surface area contributed by atoms with Gasteiger partial charge in [-0.15, -0.1) is 0 Å². The van der Waals surface area contributed by atoms with E-state index in [9.17, 15) is 9.59 Å². The maximum absolute atomic E-state index is 13.0. The molecular formula is C25H24N2O3. The minimum Gasteiger partial charge on any atom is -0.497 e. The van der Waals surface area contributed by atoms with Crippen LogP contribution >= 0.6 is 0 Å². The second kappa shape index (κ2) is 8.41. The molecule has 3 aromatic rings. The number of ether oxygens (including phenoxy) is 1. The van der Waals surface area contributed by atoms with Gasteiger partial charge >= 0.3 is 0 Å². The zero-order valence-corrected chi connectivity index (χ0v) is 17.1. The summed E-state index contributed by atoms with van der Waals surface area (Å²) >= 11 is 0. The molecule has 0 atom stereocenters.